The number of aromatic nitrogens is 1. The molecule has 1 heterocycles. The Bertz CT molecular complexity index is 399. The maximum absolute atomic E-state index is 4.81. The van der Waals surface area contributed by atoms with Crippen LogP contribution in [-0.4, -0.2) is 25.1 Å². The van der Waals surface area contributed by atoms with E-state index >= 15 is 0 Å². The molecule has 1 aromatic rings. The summed E-state index contributed by atoms with van der Waals surface area (Å²) in [6.07, 6.45) is 1.17. The van der Waals surface area contributed by atoms with Gasteiger partial charge in [-0.1, -0.05) is 34.6 Å². The van der Waals surface area contributed by atoms with E-state index in [0.29, 0.717) is 11.8 Å². The Kier molecular flexibility index (Phi) is 7.00. The Morgan fingerprint density at radius 2 is 1.90 bits per heavy atom. The predicted molar refractivity (Wildman–Crippen MR) is 88.4 cm³/mol. The van der Waals surface area contributed by atoms with E-state index in [1.54, 1.807) is 0 Å². The minimum Gasteiger partial charge on any atom is -0.359 e. The number of nitrogens with one attached hydrogen (secondary N) is 1. The highest BCUT2D eigenvalue weighted by atomic mass is 15.2. The molecule has 114 valence electrons. The molecule has 0 aliphatic heterocycles. The maximum atomic E-state index is 4.81. The molecule has 3 nitrogen and oxygen atoms in total. The number of rotatable bonds is 8. The van der Waals surface area contributed by atoms with Gasteiger partial charge in [0, 0.05) is 25.8 Å². The topological polar surface area (TPSA) is 28.2 Å². The lowest BCUT2D eigenvalue weighted by Crippen LogP contribution is -2.24. The molecule has 0 spiro atoms. The van der Waals surface area contributed by atoms with Gasteiger partial charge in [-0.15, -0.1) is 0 Å². The van der Waals surface area contributed by atoms with Crippen molar-refractivity contribution in [3.63, 3.8) is 0 Å². The zero-order chi connectivity index (χ0) is 15.1. The molecule has 3 heteroatoms. The number of pyridine rings is 1. The minimum atomic E-state index is 0.465. The Labute approximate surface area is 124 Å². The van der Waals surface area contributed by atoms with Crippen LogP contribution in [0.15, 0.2) is 12.1 Å². The molecule has 20 heavy (non-hydrogen) atoms. The number of nitrogens with zero attached hydrogens (tertiary/aromatic N) is 2. The summed E-state index contributed by atoms with van der Waals surface area (Å²) in [5, 5.41) is 3.48. The lowest BCUT2D eigenvalue weighted by Gasteiger charge is -2.22. The first-order valence-electron chi connectivity index (χ1n) is 7.86. The highest BCUT2D eigenvalue weighted by Crippen LogP contribution is 2.20. The SMILES string of the molecule is CCCNCc1cc(C(C)C)nc(N(C)CC(C)C)c1. The Morgan fingerprint density at radius 1 is 1.20 bits per heavy atom. The smallest absolute Gasteiger partial charge is 0.128 e. The Morgan fingerprint density at radius 3 is 2.45 bits per heavy atom. The molecule has 0 unspecified atom stereocenters. The quantitative estimate of drug-likeness (QED) is 0.733. The normalized spacial score (nSPS) is 11.4. The molecule has 0 radical (unpaired) electrons. The second kappa shape index (κ2) is 8.25. The van der Waals surface area contributed by atoms with Gasteiger partial charge >= 0.3 is 0 Å². The number of hydrogen-bond donors (Lipinski definition) is 1. The zero-order valence-corrected chi connectivity index (χ0v) is 14.0. The molecule has 0 atom stereocenters. The molecule has 0 aliphatic rings. The van der Waals surface area contributed by atoms with Crippen molar-refractivity contribution in [2.24, 2.45) is 5.92 Å². The van der Waals surface area contributed by atoms with Crippen molar-refractivity contribution >= 4 is 5.82 Å². The maximum Gasteiger partial charge on any atom is 0.128 e. The van der Waals surface area contributed by atoms with Crippen LogP contribution in [0.25, 0.3) is 0 Å². The molecule has 0 aliphatic carbocycles. The molecule has 0 saturated carbocycles. The van der Waals surface area contributed by atoms with Gasteiger partial charge in [0.1, 0.15) is 5.82 Å². The first kappa shape index (κ1) is 17.0. The van der Waals surface area contributed by atoms with Gasteiger partial charge in [0.05, 0.1) is 0 Å². The molecule has 1 rings (SSSR count). The van der Waals surface area contributed by atoms with E-state index < -0.39 is 0 Å². The lowest BCUT2D eigenvalue weighted by atomic mass is 10.1. The summed E-state index contributed by atoms with van der Waals surface area (Å²) in [5.41, 5.74) is 2.52. The van der Waals surface area contributed by atoms with Crippen LogP contribution in [-0.2, 0) is 6.54 Å². The molecular formula is C17H31N3. The summed E-state index contributed by atoms with van der Waals surface area (Å²) in [5.74, 6) is 2.21. The predicted octanol–water partition coefficient (Wildman–Crippen LogP) is 3.80. The van der Waals surface area contributed by atoms with Crippen molar-refractivity contribution in [3.05, 3.63) is 23.4 Å². The van der Waals surface area contributed by atoms with Gasteiger partial charge in [0.2, 0.25) is 0 Å². The summed E-state index contributed by atoms with van der Waals surface area (Å²) in [6, 6.07) is 4.46. The van der Waals surface area contributed by atoms with Gasteiger partial charge in [0.15, 0.2) is 0 Å². The van der Waals surface area contributed by atoms with Gasteiger partial charge < -0.3 is 10.2 Å². The van der Waals surface area contributed by atoms with Crippen LogP contribution < -0.4 is 10.2 Å². The van der Waals surface area contributed by atoms with Gasteiger partial charge in [-0.3, -0.25) is 0 Å². The summed E-state index contributed by atoms with van der Waals surface area (Å²) in [4.78, 5) is 7.08. The van der Waals surface area contributed by atoms with E-state index in [4.69, 9.17) is 4.98 Å². The molecule has 0 aromatic carbocycles. The number of hydrogen-bond acceptors (Lipinski definition) is 3. The van der Waals surface area contributed by atoms with Crippen LogP contribution in [0, 0.1) is 5.92 Å². The standard InChI is InChI=1S/C17H31N3/c1-7-8-18-11-15-9-16(14(4)5)19-17(10-15)20(6)12-13(2)3/h9-10,13-14,18H,7-8,11-12H2,1-6H3. The molecule has 0 amide bonds. The van der Waals surface area contributed by atoms with E-state index in [0.717, 1.165) is 25.5 Å². The third kappa shape index (κ3) is 5.49. The van der Waals surface area contributed by atoms with Crippen molar-refractivity contribution in [3.8, 4) is 0 Å². The van der Waals surface area contributed by atoms with Crippen LogP contribution in [0.5, 0.6) is 0 Å². The Hall–Kier alpha value is -1.09. The summed E-state index contributed by atoms with van der Waals surface area (Å²) in [6.45, 7) is 14.1. The van der Waals surface area contributed by atoms with Crippen molar-refractivity contribution in [2.45, 2.75) is 53.5 Å². The van der Waals surface area contributed by atoms with E-state index in [1.807, 2.05) is 0 Å². The largest absolute Gasteiger partial charge is 0.359 e. The molecular weight excluding hydrogens is 246 g/mol. The van der Waals surface area contributed by atoms with E-state index in [-0.39, 0.29) is 0 Å². The van der Waals surface area contributed by atoms with E-state index in [9.17, 15) is 0 Å². The van der Waals surface area contributed by atoms with Gasteiger partial charge in [-0.2, -0.15) is 0 Å². The van der Waals surface area contributed by atoms with Gasteiger partial charge in [0.25, 0.3) is 0 Å². The third-order valence-corrected chi connectivity index (χ3v) is 3.27. The highest BCUT2D eigenvalue weighted by Gasteiger charge is 2.10. The first-order valence-corrected chi connectivity index (χ1v) is 7.86. The average molecular weight is 277 g/mol. The lowest BCUT2D eigenvalue weighted by molar-refractivity contribution is 0.631. The fourth-order valence-electron chi connectivity index (χ4n) is 2.24. The molecule has 0 saturated heterocycles. The molecule has 1 aromatic heterocycles. The zero-order valence-electron chi connectivity index (χ0n) is 14.0. The van der Waals surface area contributed by atoms with Crippen molar-refractivity contribution in [1.29, 1.82) is 0 Å². The monoisotopic (exact) mass is 277 g/mol. The van der Waals surface area contributed by atoms with E-state index in [1.165, 1.54) is 17.7 Å². The van der Waals surface area contributed by atoms with Gasteiger partial charge in [-0.05, 0) is 42.5 Å². The van der Waals surface area contributed by atoms with Crippen molar-refractivity contribution < 1.29 is 0 Å². The van der Waals surface area contributed by atoms with Crippen LogP contribution in [0.4, 0.5) is 5.82 Å². The fourth-order valence-corrected chi connectivity index (χ4v) is 2.24. The second-order valence-corrected chi connectivity index (χ2v) is 6.36. The minimum absolute atomic E-state index is 0.465. The Balaban J connectivity index is 2.92. The summed E-state index contributed by atoms with van der Waals surface area (Å²) < 4.78 is 0. The average Bonchev–Trinajstić information content (AvgIpc) is 2.38. The molecule has 0 bridgehead atoms. The van der Waals surface area contributed by atoms with Gasteiger partial charge in [-0.25, -0.2) is 4.98 Å². The van der Waals surface area contributed by atoms with E-state index in [2.05, 4.69) is 64.0 Å². The summed E-state index contributed by atoms with van der Waals surface area (Å²) >= 11 is 0. The van der Waals surface area contributed by atoms with Crippen LogP contribution in [0.3, 0.4) is 0 Å². The van der Waals surface area contributed by atoms with Crippen molar-refractivity contribution in [2.75, 3.05) is 25.0 Å². The fraction of sp³-hybridized carbons (Fsp3) is 0.706. The van der Waals surface area contributed by atoms with Crippen LogP contribution in [0.2, 0.25) is 0 Å². The van der Waals surface area contributed by atoms with Crippen LogP contribution >= 0.6 is 0 Å². The number of anilines is 1. The van der Waals surface area contributed by atoms with Crippen molar-refractivity contribution in [1.82, 2.24) is 10.3 Å². The second-order valence-electron chi connectivity index (χ2n) is 6.36. The first-order chi connectivity index (χ1) is 9.43. The molecule has 1 N–H and O–H groups in total. The van der Waals surface area contributed by atoms with Crippen LogP contribution in [0.1, 0.15) is 58.2 Å². The molecule has 0 fully saturated rings. The highest BCUT2D eigenvalue weighted by molar-refractivity contribution is 5.42. The summed E-state index contributed by atoms with van der Waals surface area (Å²) in [7, 11) is 2.13. The third-order valence-electron chi connectivity index (χ3n) is 3.27.